The Morgan fingerprint density at radius 2 is 1.10 bits per heavy atom. The van der Waals surface area contributed by atoms with E-state index in [1.807, 2.05) is 0 Å². The number of nitrogens with one attached hydrogen (secondary N) is 1. The van der Waals surface area contributed by atoms with Crippen LogP contribution in [0.3, 0.4) is 0 Å². The molecule has 0 radical (unpaired) electrons. The number of aryl methyl sites for hydroxylation is 2. The summed E-state index contributed by atoms with van der Waals surface area (Å²) in [5, 5.41) is 3.72. The van der Waals surface area contributed by atoms with Crippen LogP contribution in [0, 0.1) is 0 Å². The molecule has 20 heavy (non-hydrogen) atoms. The Morgan fingerprint density at radius 3 is 1.50 bits per heavy atom. The van der Waals surface area contributed by atoms with Gasteiger partial charge in [-0.3, -0.25) is 0 Å². The molecule has 1 aliphatic heterocycles. The van der Waals surface area contributed by atoms with Crippen molar-refractivity contribution in [3.8, 4) is 0 Å². The van der Waals surface area contributed by atoms with E-state index in [-0.39, 0.29) is 0 Å². The zero-order valence-corrected chi connectivity index (χ0v) is 12.0. The smallest absolute Gasteiger partial charge is 0.00876 e. The summed E-state index contributed by atoms with van der Waals surface area (Å²) in [7, 11) is 0. The van der Waals surface area contributed by atoms with Crippen LogP contribution in [0.15, 0.2) is 60.7 Å². The second-order valence-electron chi connectivity index (χ2n) is 5.84. The van der Waals surface area contributed by atoms with Gasteiger partial charge in [0.05, 0.1) is 0 Å². The van der Waals surface area contributed by atoms with Crippen molar-refractivity contribution < 1.29 is 0 Å². The third-order valence-corrected chi connectivity index (χ3v) is 4.29. The summed E-state index contributed by atoms with van der Waals surface area (Å²) in [5.41, 5.74) is 2.92. The Hall–Kier alpha value is -1.60. The Labute approximate surface area is 122 Å². The molecule has 1 fully saturated rings. The zero-order chi connectivity index (χ0) is 13.6. The first-order valence-corrected chi connectivity index (χ1v) is 7.74. The summed E-state index contributed by atoms with van der Waals surface area (Å²) in [6.07, 6.45) is 6.28. The second kappa shape index (κ2) is 6.71. The highest BCUT2D eigenvalue weighted by molar-refractivity contribution is 5.16. The van der Waals surface area contributed by atoms with Crippen molar-refractivity contribution in [2.45, 2.75) is 44.2 Å². The van der Waals surface area contributed by atoms with E-state index in [0.717, 1.165) is 12.1 Å². The molecule has 1 saturated heterocycles. The molecule has 2 aromatic carbocycles. The first-order chi connectivity index (χ1) is 9.90. The van der Waals surface area contributed by atoms with E-state index in [9.17, 15) is 0 Å². The Kier molecular flexibility index (Phi) is 4.49. The molecule has 1 heterocycles. The molecule has 0 unspecified atom stereocenters. The third kappa shape index (κ3) is 3.71. The first kappa shape index (κ1) is 13.4. The lowest BCUT2D eigenvalue weighted by atomic mass is 9.88. The van der Waals surface area contributed by atoms with E-state index < -0.39 is 0 Å². The van der Waals surface area contributed by atoms with Crippen LogP contribution < -0.4 is 5.32 Å². The number of benzene rings is 2. The molecule has 2 atom stereocenters. The predicted molar refractivity (Wildman–Crippen MR) is 84.9 cm³/mol. The molecular formula is C19H23N. The molecule has 1 nitrogen and oxygen atoms in total. The summed E-state index contributed by atoms with van der Waals surface area (Å²) in [5.74, 6) is 0. The van der Waals surface area contributed by atoms with E-state index in [1.165, 1.54) is 43.2 Å². The van der Waals surface area contributed by atoms with E-state index in [1.54, 1.807) is 0 Å². The van der Waals surface area contributed by atoms with E-state index in [4.69, 9.17) is 0 Å². The Bertz CT molecular complexity index is 452. The lowest BCUT2D eigenvalue weighted by Crippen LogP contribution is -2.52. The van der Waals surface area contributed by atoms with Gasteiger partial charge >= 0.3 is 0 Å². The fraction of sp³-hybridized carbons (Fsp3) is 0.368. The lowest BCUT2D eigenvalue weighted by molar-refractivity contribution is 0.240. The molecule has 0 saturated carbocycles. The molecule has 0 aromatic heterocycles. The second-order valence-corrected chi connectivity index (χ2v) is 5.84. The van der Waals surface area contributed by atoms with Gasteiger partial charge in [-0.1, -0.05) is 60.7 Å². The third-order valence-electron chi connectivity index (χ3n) is 4.29. The molecule has 0 aliphatic carbocycles. The van der Waals surface area contributed by atoms with Gasteiger partial charge < -0.3 is 5.32 Å². The van der Waals surface area contributed by atoms with Gasteiger partial charge in [0.1, 0.15) is 0 Å². The molecule has 2 aromatic rings. The molecule has 3 rings (SSSR count). The standard InChI is InChI=1S/C19H23N/c1-3-7-16(8-4-1)11-13-18-15-19(20-18)14-12-17-9-5-2-6-10-17/h1-10,18-20H,11-15H2/t18-,19-/m1/s1. The molecule has 104 valence electrons. The molecule has 1 heteroatoms. The van der Waals surface area contributed by atoms with Crippen LogP contribution in [0.2, 0.25) is 0 Å². The van der Waals surface area contributed by atoms with Gasteiger partial charge in [0.25, 0.3) is 0 Å². The number of hydrogen-bond donors (Lipinski definition) is 1. The van der Waals surface area contributed by atoms with Crippen LogP contribution in [0.5, 0.6) is 0 Å². The maximum atomic E-state index is 3.72. The van der Waals surface area contributed by atoms with Gasteiger partial charge in [0.2, 0.25) is 0 Å². The van der Waals surface area contributed by atoms with Gasteiger partial charge in [0.15, 0.2) is 0 Å². The van der Waals surface area contributed by atoms with Crippen LogP contribution in [0.4, 0.5) is 0 Å². The maximum Gasteiger partial charge on any atom is 0.00876 e. The predicted octanol–water partition coefficient (Wildman–Crippen LogP) is 3.98. The summed E-state index contributed by atoms with van der Waals surface area (Å²) in [6.45, 7) is 0. The molecule has 0 amide bonds. The summed E-state index contributed by atoms with van der Waals surface area (Å²) in [6, 6.07) is 23.1. The fourth-order valence-corrected chi connectivity index (χ4v) is 3.03. The first-order valence-electron chi connectivity index (χ1n) is 7.74. The van der Waals surface area contributed by atoms with E-state index in [2.05, 4.69) is 66.0 Å². The van der Waals surface area contributed by atoms with Crippen molar-refractivity contribution in [2.24, 2.45) is 0 Å². The highest BCUT2D eigenvalue weighted by Gasteiger charge is 2.26. The van der Waals surface area contributed by atoms with Gasteiger partial charge in [-0.15, -0.1) is 0 Å². The SMILES string of the molecule is c1ccc(CC[C@@H]2C[C@@H](CCc3ccccc3)N2)cc1. The molecule has 0 spiro atoms. The summed E-state index contributed by atoms with van der Waals surface area (Å²) >= 11 is 0. The largest absolute Gasteiger partial charge is 0.311 e. The van der Waals surface area contributed by atoms with Gasteiger partial charge in [-0.2, -0.15) is 0 Å². The Balaban J connectivity index is 1.33. The van der Waals surface area contributed by atoms with Crippen LogP contribution in [0.1, 0.15) is 30.4 Å². The van der Waals surface area contributed by atoms with Crippen LogP contribution in [-0.2, 0) is 12.8 Å². The summed E-state index contributed by atoms with van der Waals surface area (Å²) in [4.78, 5) is 0. The van der Waals surface area contributed by atoms with Crippen molar-refractivity contribution >= 4 is 0 Å². The van der Waals surface area contributed by atoms with Crippen molar-refractivity contribution in [1.29, 1.82) is 0 Å². The topological polar surface area (TPSA) is 12.0 Å². The minimum atomic E-state index is 0.732. The Morgan fingerprint density at radius 1 is 0.700 bits per heavy atom. The molecular weight excluding hydrogens is 242 g/mol. The van der Waals surface area contributed by atoms with Gasteiger partial charge in [0, 0.05) is 12.1 Å². The van der Waals surface area contributed by atoms with Crippen molar-refractivity contribution in [2.75, 3.05) is 0 Å². The lowest BCUT2D eigenvalue weighted by Gasteiger charge is -2.37. The van der Waals surface area contributed by atoms with Gasteiger partial charge in [-0.05, 0) is 43.2 Å². The van der Waals surface area contributed by atoms with E-state index in [0.29, 0.717) is 0 Å². The van der Waals surface area contributed by atoms with Crippen LogP contribution >= 0.6 is 0 Å². The number of hydrogen-bond acceptors (Lipinski definition) is 1. The van der Waals surface area contributed by atoms with Crippen molar-refractivity contribution in [3.63, 3.8) is 0 Å². The highest BCUT2D eigenvalue weighted by atomic mass is 15.0. The molecule has 1 N–H and O–H groups in total. The average Bonchev–Trinajstić information content (AvgIpc) is 2.47. The van der Waals surface area contributed by atoms with Crippen LogP contribution in [0.25, 0.3) is 0 Å². The number of rotatable bonds is 6. The van der Waals surface area contributed by atoms with E-state index >= 15 is 0 Å². The fourth-order valence-electron chi connectivity index (χ4n) is 3.03. The van der Waals surface area contributed by atoms with Crippen LogP contribution in [-0.4, -0.2) is 12.1 Å². The minimum absolute atomic E-state index is 0.732. The molecule has 1 aliphatic rings. The normalized spacial score (nSPS) is 21.4. The van der Waals surface area contributed by atoms with Gasteiger partial charge in [-0.25, -0.2) is 0 Å². The van der Waals surface area contributed by atoms with Crippen molar-refractivity contribution in [3.05, 3.63) is 71.8 Å². The minimum Gasteiger partial charge on any atom is -0.311 e. The zero-order valence-electron chi connectivity index (χ0n) is 12.0. The summed E-state index contributed by atoms with van der Waals surface area (Å²) < 4.78 is 0. The average molecular weight is 265 g/mol. The highest BCUT2D eigenvalue weighted by Crippen LogP contribution is 2.21. The maximum absolute atomic E-state index is 3.72. The molecule has 0 bridgehead atoms. The van der Waals surface area contributed by atoms with Crippen molar-refractivity contribution in [1.82, 2.24) is 5.32 Å². The monoisotopic (exact) mass is 265 g/mol. The quantitative estimate of drug-likeness (QED) is 0.833.